The average molecular weight is 594 g/mol. The van der Waals surface area contributed by atoms with Gasteiger partial charge in [-0.3, -0.25) is 9.69 Å². The van der Waals surface area contributed by atoms with E-state index in [1.807, 2.05) is 45.0 Å². The van der Waals surface area contributed by atoms with E-state index < -0.39 is 5.60 Å². The van der Waals surface area contributed by atoms with Crippen LogP contribution >= 0.6 is 11.6 Å². The standard InChI is InChI=1S/C32H40ClN5O4/c1-32(2,3)42-31(40)38-20-25(21-38)37-17-15-36(16-18-37)24-9-5-22(6-10-24)30(39)35-23-7-11-26(12-8-23)41-27-13-14-29(34-4)28(33)19-27/h5-6,9-10,13-14,19,23,25-26H,7-8,11-12,15-18,20-21H2,1-3H3,(H,35,39). The summed E-state index contributed by atoms with van der Waals surface area (Å²) in [5.41, 5.74) is 1.74. The van der Waals surface area contributed by atoms with Gasteiger partial charge in [-0.25, -0.2) is 9.64 Å². The highest BCUT2D eigenvalue weighted by atomic mass is 35.5. The molecular formula is C32H40ClN5O4. The number of likely N-dealkylation sites (tertiary alicyclic amines) is 1. The Morgan fingerprint density at radius 2 is 1.64 bits per heavy atom. The largest absolute Gasteiger partial charge is 0.490 e. The number of anilines is 1. The van der Waals surface area contributed by atoms with Gasteiger partial charge < -0.3 is 24.6 Å². The Bertz CT molecular complexity index is 1300. The van der Waals surface area contributed by atoms with Crippen molar-refractivity contribution >= 4 is 35.0 Å². The van der Waals surface area contributed by atoms with E-state index in [1.165, 1.54) is 0 Å². The molecule has 3 fully saturated rings. The topological polar surface area (TPSA) is 78.7 Å². The van der Waals surface area contributed by atoms with E-state index in [0.29, 0.717) is 28.1 Å². The number of benzene rings is 2. The molecule has 2 aromatic rings. The highest BCUT2D eigenvalue weighted by molar-refractivity contribution is 6.33. The highest BCUT2D eigenvalue weighted by Gasteiger charge is 2.38. The van der Waals surface area contributed by atoms with Gasteiger partial charge in [-0.15, -0.1) is 0 Å². The number of ether oxygens (including phenoxy) is 2. The third kappa shape index (κ3) is 7.47. The minimum absolute atomic E-state index is 0.0447. The first-order valence-electron chi connectivity index (χ1n) is 14.8. The summed E-state index contributed by atoms with van der Waals surface area (Å²) in [6, 6.07) is 13.6. The first-order valence-corrected chi connectivity index (χ1v) is 15.2. The average Bonchev–Trinajstić information content (AvgIpc) is 2.93. The monoisotopic (exact) mass is 593 g/mol. The van der Waals surface area contributed by atoms with Gasteiger partial charge in [0.15, 0.2) is 0 Å². The molecule has 2 heterocycles. The number of halogens is 1. The molecule has 0 bridgehead atoms. The quantitative estimate of drug-likeness (QED) is 0.430. The maximum atomic E-state index is 12.9. The van der Waals surface area contributed by atoms with Crippen molar-refractivity contribution in [3.8, 4) is 5.75 Å². The van der Waals surface area contributed by atoms with Crippen LogP contribution in [-0.4, -0.2) is 84.9 Å². The molecule has 2 aliphatic heterocycles. The van der Waals surface area contributed by atoms with E-state index in [9.17, 15) is 9.59 Å². The van der Waals surface area contributed by atoms with E-state index in [-0.39, 0.29) is 24.1 Å². The van der Waals surface area contributed by atoms with Crippen LogP contribution in [0.4, 0.5) is 16.2 Å². The lowest BCUT2D eigenvalue weighted by Gasteiger charge is -2.48. The van der Waals surface area contributed by atoms with Gasteiger partial charge in [-0.1, -0.05) is 17.7 Å². The Morgan fingerprint density at radius 1 is 0.976 bits per heavy atom. The Labute approximate surface area is 253 Å². The van der Waals surface area contributed by atoms with Crippen LogP contribution in [0, 0.1) is 6.57 Å². The van der Waals surface area contributed by atoms with Gasteiger partial charge in [0.1, 0.15) is 11.4 Å². The van der Waals surface area contributed by atoms with E-state index >= 15 is 0 Å². The molecule has 9 nitrogen and oxygen atoms in total. The molecule has 42 heavy (non-hydrogen) atoms. The van der Waals surface area contributed by atoms with Crippen LogP contribution in [0.5, 0.6) is 5.75 Å². The maximum Gasteiger partial charge on any atom is 0.410 e. The summed E-state index contributed by atoms with van der Waals surface area (Å²) in [4.78, 5) is 35.1. The lowest BCUT2D eigenvalue weighted by Crippen LogP contribution is -2.64. The van der Waals surface area contributed by atoms with Gasteiger partial charge in [0.2, 0.25) is 5.69 Å². The molecule has 10 heteroatoms. The molecule has 0 spiro atoms. The fourth-order valence-corrected chi connectivity index (χ4v) is 5.98. The first kappa shape index (κ1) is 30.0. The predicted octanol–water partition coefficient (Wildman–Crippen LogP) is 5.75. The van der Waals surface area contributed by atoms with E-state index in [4.69, 9.17) is 27.6 Å². The number of nitrogens with zero attached hydrogens (tertiary/aromatic N) is 4. The summed E-state index contributed by atoms with van der Waals surface area (Å²) < 4.78 is 11.5. The van der Waals surface area contributed by atoms with Crippen molar-refractivity contribution in [1.29, 1.82) is 0 Å². The number of piperazine rings is 1. The summed E-state index contributed by atoms with van der Waals surface area (Å²) in [6.07, 6.45) is 3.23. The van der Waals surface area contributed by atoms with Gasteiger partial charge >= 0.3 is 6.09 Å². The molecule has 1 N–H and O–H groups in total. The summed E-state index contributed by atoms with van der Waals surface area (Å²) in [5, 5.41) is 3.59. The molecule has 0 aromatic heterocycles. The zero-order valence-corrected chi connectivity index (χ0v) is 25.4. The van der Waals surface area contributed by atoms with E-state index in [2.05, 4.69) is 20.0 Å². The lowest BCUT2D eigenvalue weighted by molar-refractivity contribution is -0.0162. The molecule has 2 amide bonds. The van der Waals surface area contributed by atoms with E-state index in [0.717, 1.165) is 70.6 Å². The molecule has 0 radical (unpaired) electrons. The van der Waals surface area contributed by atoms with E-state index in [1.54, 1.807) is 23.1 Å². The fourth-order valence-electron chi connectivity index (χ4n) is 5.77. The lowest BCUT2D eigenvalue weighted by atomic mass is 9.92. The Morgan fingerprint density at radius 3 is 2.24 bits per heavy atom. The van der Waals surface area contributed by atoms with Crippen molar-refractivity contribution in [2.75, 3.05) is 44.2 Å². The van der Waals surface area contributed by atoms with Crippen molar-refractivity contribution in [3.63, 3.8) is 0 Å². The van der Waals surface area contributed by atoms with Gasteiger partial charge in [-0.2, -0.15) is 0 Å². The molecule has 1 saturated carbocycles. The summed E-state index contributed by atoms with van der Waals surface area (Å²) >= 11 is 6.13. The molecule has 2 saturated heterocycles. The summed E-state index contributed by atoms with van der Waals surface area (Å²) in [7, 11) is 0. The molecule has 0 unspecified atom stereocenters. The SMILES string of the molecule is [C-]#[N+]c1ccc(OC2CCC(NC(=O)c3ccc(N4CCN(C5CN(C(=O)OC(C)(C)C)C5)CC4)cc3)CC2)cc1Cl. The Balaban J connectivity index is 1.02. The van der Waals surface area contributed by atoms with Crippen molar-refractivity contribution in [3.05, 3.63) is 64.5 Å². The molecule has 3 aliphatic rings. The second-order valence-corrected chi connectivity index (χ2v) is 12.8. The van der Waals surface area contributed by atoms with Crippen LogP contribution in [0.25, 0.3) is 4.85 Å². The van der Waals surface area contributed by atoms with Gasteiger partial charge in [0.05, 0.1) is 17.7 Å². The fraction of sp³-hybridized carbons (Fsp3) is 0.531. The zero-order valence-electron chi connectivity index (χ0n) is 24.6. The van der Waals surface area contributed by atoms with Crippen LogP contribution < -0.4 is 15.0 Å². The van der Waals surface area contributed by atoms with Gasteiger partial charge in [0, 0.05) is 62.6 Å². The minimum atomic E-state index is -0.468. The molecule has 1 aliphatic carbocycles. The second kappa shape index (κ2) is 12.8. The van der Waals surface area contributed by atoms with Crippen LogP contribution in [0.2, 0.25) is 5.02 Å². The third-order valence-electron chi connectivity index (χ3n) is 8.19. The normalized spacial score (nSPS) is 21.7. The Kier molecular flexibility index (Phi) is 9.14. The van der Waals surface area contributed by atoms with Crippen LogP contribution in [0.1, 0.15) is 56.8 Å². The molecule has 224 valence electrons. The molecular weight excluding hydrogens is 554 g/mol. The second-order valence-electron chi connectivity index (χ2n) is 12.4. The van der Waals surface area contributed by atoms with Crippen molar-refractivity contribution in [1.82, 2.24) is 15.1 Å². The predicted molar refractivity (Wildman–Crippen MR) is 164 cm³/mol. The zero-order chi connectivity index (χ0) is 29.9. The van der Waals surface area contributed by atoms with Crippen molar-refractivity contribution in [2.24, 2.45) is 0 Å². The smallest absolute Gasteiger partial charge is 0.410 e. The first-order chi connectivity index (χ1) is 20.1. The maximum absolute atomic E-state index is 12.9. The van der Waals surface area contributed by atoms with Gasteiger partial charge in [-0.05, 0) is 82.9 Å². The number of nitrogens with one attached hydrogen (secondary N) is 1. The van der Waals surface area contributed by atoms with Crippen LogP contribution in [-0.2, 0) is 4.74 Å². The number of carbonyl (C=O) groups excluding carboxylic acids is 2. The van der Waals surface area contributed by atoms with Crippen LogP contribution in [0.15, 0.2) is 42.5 Å². The summed E-state index contributed by atoms with van der Waals surface area (Å²) in [6.45, 7) is 17.9. The molecule has 0 atom stereocenters. The number of amides is 2. The third-order valence-corrected chi connectivity index (χ3v) is 8.49. The van der Waals surface area contributed by atoms with Crippen LogP contribution in [0.3, 0.4) is 0 Å². The Hall–Kier alpha value is -3.48. The number of hydrogen-bond donors (Lipinski definition) is 1. The molecule has 2 aromatic carbocycles. The van der Waals surface area contributed by atoms with Gasteiger partial charge in [0.25, 0.3) is 5.91 Å². The van der Waals surface area contributed by atoms with Crippen molar-refractivity contribution in [2.45, 2.75) is 70.2 Å². The summed E-state index contributed by atoms with van der Waals surface area (Å²) in [5.74, 6) is 0.631. The number of carbonyl (C=O) groups is 2. The van der Waals surface area contributed by atoms with Crippen molar-refractivity contribution < 1.29 is 19.1 Å². The number of rotatable bonds is 6. The highest BCUT2D eigenvalue weighted by Crippen LogP contribution is 2.31. The number of hydrogen-bond acceptors (Lipinski definition) is 6. The molecule has 5 rings (SSSR count). The minimum Gasteiger partial charge on any atom is -0.490 e.